The standard InChI is InChI=1S/C27H28N4O3/c1-16-7-8-23(13-17(16)2)31-26(33)24(25(32)28-27(31)34)15-20-14-18(3)30(19(20)4)22-11-9-21(10-12-22)29(5)6/h7-15H,1-6H3,(H,28,32,34)/b24-15+. The van der Waals surface area contributed by atoms with Crippen LogP contribution < -0.4 is 15.1 Å². The molecule has 7 heteroatoms. The minimum Gasteiger partial charge on any atom is -0.378 e. The minimum atomic E-state index is -0.748. The van der Waals surface area contributed by atoms with Crippen LogP contribution in [-0.2, 0) is 9.59 Å². The zero-order chi connectivity index (χ0) is 24.7. The molecule has 0 aliphatic carbocycles. The number of hydrogen-bond acceptors (Lipinski definition) is 4. The summed E-state index contributed by atoms with van der Waals surface area (Å²) < 4.78 is 2.07. The number of carbonyl (C=O) groups is 3. The molecule has 1 saturated heterocycles. The van der Waals surface area contributed by atoms with Crippen LogP contribution in [0.3, 0.4) is 0 Å². The molecule has 1 N–H and O–H groups in total. The molecule has 0 radical (unpaired) electrons. The van der Waals surface area contributed by atoms with E-state index < -0.39 is 17.8 Å². The van der Waals surface area contributed by atoms with Crippen LogP contribution in [0.25, 0.3) is 11.8 Å². The number of barbiturate groups is 1. The molecule has 174 valence electrons. The molecule has 0 unspecified atom stereocenters. The van der Waals surface area contributed by atoms with Crippen LogP contribution in [0, 0.1) is 27.7 Å². The third-order valence-electron chi connectivity index (χ3n) is 6.24. The minimum absolute atomic E-state index is 0.0824. The van der Waals surface area contributed by atoms with Crippen molar-refractivity contribution in [1.29, 1.82) is 0 Å². The highest BCUT2D eigenvalue weighted by Gasteiger charge is 2.37. The third kappa shape index (κ3) is 4.01. The second-order valence-corrected chi connectivity index (χ2v) is 8.80. The topological polar surface area (TPSA) is 74.7 Å². The zero-order valence-corrected chi connectivity index (χ0v) is 20.3. The van der Waals surface area contributed by atoms with E-state index in [1.165, 1.54) is 0 Å². The molecule has 0 atom stereocenters. The Morgan fingerprint density at radius 1 is 0.824 bits per heavy atom. The van der Waals surface area contributed by atoms with Gasteiger partial charge in [-0.05, 0) is 92.9 Å². The van der Waals surface area contributed by atoms with Gasteiger partial charge in [0.1, 0.15) is 5.57 Å². The summed E-state index contributed by atoms with van der Waals surface area (Å²) in [4.78, 5) is 41.5. The first-order valence-corrected chi connectivity index (χ1v) is 11.0. The van der Waals surface area contributed by atoms with E-state index in [1.807, 2.05) is 83.1 Å². The van der Waals surface area contributed by atoms with E-state index in [0.717, 1.165) is 44.4 Å². The lowest BCUT2D eigenvalue weighted by Gasteiger charge is -2.26. The van der Waals surface area contributed by atoms with Crippen molar-refractivity contribution in [3.05, 3.63) is 82.2 Å². The van der Waals surface area contributed by atoms with Gasteiger partial charge in [0, 0.05) is 36.9 Å². The predicted octanol–water partition coefficient (Wildman–Crippen LogP) is 4.44. The quantitative estimate of drug-likeness (QED) is 0.465. The number of imide groups is 2. The molecule has 1 aliphatic rings. The van der Waals surface area contributed by atoms with Crippen LogP contribution in [0.5, 0.6) is 0 Å². The maximum absolute atomic E-state index is 13.3. The van der Waals surface area contributed by atoms with Gasteiger partial charge in [-0.1, -0.05) is 6.07 Å². The number of nitrogens with zero attached hydrogens (tertiary/aromatic N) is 3. The summed E-state index contributed by atoms with van der Waals surface area (Å²) in [6, 6.07) is 14.6. The average Bonchev–Trinajstić information content (AvgIpc) is 3.06. The average molecular weight is 457 g/mol. The van der Waals surface area contributed by atoms with Crippen molar-refractivity contribution in [2.75, 3.05) is 23.9 Å². The highest BCUT2D eigenvalue weighted by Crippen LogP contribution is 2.27. The molecule has 2 aromatic carbocycles. The Hall–Kier alpha value is -4.13. The third-order valence-corrected chi connectivity index (χ3v) is 6.24. The Bertz CT molecular complexity index is 1350. The van der Waals surface area contributed by atoms with Crippen LogP contribution in [0.15, 0.2) is 54.1 Å². The second-order valence-electron chi connectivity index (χ2n) is 8.80. The number of aryl methyl sites for hydroxylation is 3. The van der Waals surface area contributed by atoms with Crippen LogP contribution >= 0.6 is 0 Å². The summed E-state index contributed by atoms with van der Waals surface area (Å²) in [6.45, 7) is 7.78. The van der Waals surface area contributed by atoms with Gasteiger partial charge in [-0.2, -0.15) is 0 Å². The van der Waals surface area contributed by atoms with Crippen LogP contribution in [0.4, 0.5) is 16.2 Å². The number of rotatable bonds is 4. The predicted molar refractivity (Wildman–Crippen MR) is 134 cm³/mol. The summed E-state index contributed by atoms with van der Waals surface area (Å²) in [6.07, 6.45) is 1.56. The Balaban J connectivity index is 1.73. The molecule has 34 heavy (non-hydrogen) atoms. The van der Waals surface area contributed by atoms with E-state index in [-0.39, 0.29) is 5.57 Å². The number of nitrogens with one attached hydrogen (secondary N) is 1. The van der Waals surface area contributed by atoms with Crippen molar-refractivity contribution in [2.45, 2.75) is 27.7 Å². The first-order chi connectivity index (χ1) is 16.1. The normalized spacial score (nSPS) is 15.2. The lowest BCUT2D eigenvalue weighted by atomic mass is 10.1. The summed E-state index contributed by atoms with van der Waals surface area (Å²) in [5.74, 6) is -1.34. The summed E-state index contributed by atoms with van der Waals surface area (Å²) in [5, 5.41) is 2.30. The fourth-order valence-electron chi connectivity index (χ4n) is 4.14. The van der Waals surface area contributed by atoms with Crippen molar-refractivity contribution < 1.29 is 14.4 Å². The maximum atomic E-state index is 13.3. The molecular formula is C27H28N4O3. The molecular weight excluding hydrogens is 428 g/mol. The van der Waals surface area contributed by atoms with Crippen molar-refractivity contribution in [3.63, 3.8) is 0 Å². The Morgan fingerprint density at radius 3 is 2.09 bits per heavy atom. The van der Waals surface area contributed by atoms with E-state index >= 15 is 0 Å². The highest BCUT2D eigenvalue weighted by molar-refractivity contribution is 6.39. The van der Waals surface area contributed by atoms with Gasteiger partial charge in [0.05, 0.1) is 5.69 Å². The highest BCUT2D eigenvalue weighted by atomic mass is 16.2. The van der Waals surface area contributed by atoms with Crippen LogP contribution in [0.2, 0.25) is 0 Å². The van der Waals surface area contributed by atoms with Gasteiger partial charge in [0.2, 0.25) is 0 Å². The fraction of sp³-hybridized carbons (Fsp3) is 0.222. The lowest BCUT2D eigenvalue weighted by Crippen LogP contribution is -2.54. The Labute approximate surface area is 199 Å². The van der Waals surface area contributed by atoms with E-state index in [1.54, 1.807) is 18.2 Å². The van der Waals surface area contributed by atoms with Gasteiger partial charge in [0.15, 0.2) is 0 Å². The molecule has 4 amide bonds. The number of anilines is 2. The van der Waals surface area contributed by atoms with Gasteiger partial charge in [-0.15, -0.1) is 0 Å². The first kappa shape index (κ1) is 23.0. The number of urea groups is 1. The van der Waals surface area contributed by atoms with Gasteiger partial charge < -0.3 is 9.47 Å². The maximum Gasteiger partial charge on any atom is 0.335 e. The SMILES string of the molecule is Cc1ccc(N2C(=O)NC(=O)/C(=C\c3cc(C)n(-c4ccc(N(C)C)cc4)c3C)C2=O)cc1C. The van der Waals surface area contributed by atoms with Gasteiger partial charge in [-0.3, -0.25) is 14.9 Å². The van der Waals surface area contributed by atoms with E-state index in [0.29, 0.717) is 5.69 Å². The molecule has 4 rings (SSSR count). The molecule has 0 bridgehead atoms. The molecule has 2 heterocycles. The van der Waals surface area contributed by atoms with E-state index in [9.17, 15) is 14.4 Å². The van der Waals surface area contributed by atoms with Crippen LogP contribution in [0.1, 0.15) is 28.1 Å². The number of hydrogen-bond donors (Lipinski definition) is 1. The van der Waals surface area contributed by atoms with Gasteiger partial charge >= 0.3 is 6.03 Å². The van der Waals surface area contributed by atoms with Gasteiger partial charge in [-0.25, -0.2) is 9.69 Å². The second kappa shape index (κ2) is 8.67. The molecule has 1 aromatic heterocycles. The molecule has 1 fully saturated rings. The molecule has 1 aliphatic heterocycles. The fourth-order valence-corrected chi connectivity index (χ4v) is 4.14. The van der Waals surface area contributed by atoms with Crippen molar-refractivity contribution in [3.8, 4) is 5.69 Å². The molecule has 0 spiro atoms. The molecule has 7 nitrogen and oxygen atoms in total. The Morgan fingerprint density at radius 2 is 1.47 bits per heavy atom. The van der Waals surface area contributed by atoms with Gasteiger partial charge in [0.25, 0.3) is 11.8 Å². The smallest absolute Gasteiger partial charge is 0.335 e. The van der Waals surface area contributed by atoms with E-state index in [2.05, 4.69) is 9.88 Å². The number of benzene rings is 2. The number of aromatic nitrogens is 1. The zero-order valence-electron chi connectivity index (χ0n) is 20.3. The van der Waals surface area contributed by atoms with E-state index in [4.69, 9.17) is 0 Å². The Kier molecular flexibility index (Phi) is 5.87. The summed E-state index contributed by atoms with van der Waals surface area (Å²) >= 11 is 0. The molecule has 3 aromatic rings. The lowest BCUT2D eigenvalue weighted by molar-refractivity contribution is -0.122. The summed E-state index contributed by atoms with van der Waals surface area (Å²) in [5.41, 5.74) is 7.01. The number of amides is 4. The van der Waals surface area contributed by atoms with Crippen molar-refractivity contribution >= 4 is 35.3 Å². The number of carbonyl (C=O) groups excluding carboxylic acids is 3. The monoisotopic (exact) mass is 456 g/mol. The summed E-state index contributed by atoms with van der Waals surface area (Å²) in [7, 11) is 3.98. The largest absolute Gasteiger partial charge is 0.378 e. The molecule has 0 saturated carbocycles. The van der Waals surface area contributed by atoms with Crippen LogP contribution in [-0.4, -0.2) is 36.5 Å². The van der Waals surface area contributed by atoms with Crippen molar-refractivity contribution in [1.82, 2.24) is 9.88 Å². The first-order valence-electron chi connectivity index (χ1n) is 11.0. The van der Waals surface area contributed by atoms with Crippen molar-refractivity contribution in [2.24, 2.45) is 0 Å².